The zero-order valence-electron chi connectivity index (χ0n) is 12.0. The Morgan fingerprint density at radius 2 is 2.14 bits per heavy atom. The zero-order valence-corrected chi connectivity index (χ0v) is 12.0. The van der Waals surface area contributed by atoms with Gasteiger partial charge in [0.2, 0.25) is 0 Å². The summed E-state index contributed by atoms with van der Waals surface area (Å²) in [5, 5.41) is 12.3. The van der Waals surface area contributed by atoms with Crippen molar-refractivity contribution >= 4 is 17.6 Å². The van der Waals surface area contributed by atoms with Crippen LogP contribution in [-0.4, -0.2) is 41.5 Å². The lowest BCUT2D eigenvalue weighted by Crippen LogP contribution is -2.38. The van der Waals surface area contributed by atoms with E-state index in [1.165, 1.54) is 4.90 Å². The van der Waals surface area contributed by atoms with E-state index in [2.05, 4.69) is 5.32 Å². The molecule has 5 heteroatoms. The van der Waals surface area contributed by atoms with E-state index in [1.54, 1.807) is 0 Å². The maximum Gasteiger partial charge on any atom is 0.323 e. The number of hydrogen-bond acceptors (Lipinski definition) is 3. The fourth-order valence-electron chi connectivity index (χ4n) is 2.88. The fourth-order valence-corrected chi connectivity index (χ4v) is 2.88. The van der Waals surface area contributed by atoms with Crippen LogP contribution in [-0.2, 0) is 11.2 Å². The second kappa shape index (κ2) is 5.76. The lowest BCUT2D eigenvalue weighted by atomic mass is 9.96. The summed E-state index contributed by atoms with van der Waals surface area (Å²) in [7, 11) is 0. The maximum absolute atomic E-state index is 12.8. The van der Waals surface area contributed by atoms with Crippen molar-refractivity contribution in [2.45, 2.75) is 25.7 Å². The molecule has 0 atom stereocenters. The number of carboxylic acid groups (broad SMARTS) is 1. The molecule has 0 unspecified atom stereocenters. The summed E-state index contributed by atoms with van der Waals surface area (Å²) in [6.07, 6.45) is 4.06. The van der Waals surface area contributed by atoms with Gasteiger partial charge in [-0.25, -0.2) is 0 Å². The average Bonchev–Trinajstić information content (AvgIpc) is 3.29. The standard InChI is InChI=1S/C16H20N2O3/c19-15(20)10-18(9-11-6-7-11)16(21)13-3-1-5-14-12(13)4-2-8-17-14/h1,3,5,11,17H,2,4,6-10H2,(H,19,20). The Hall–Kier alpha value is -2.04. The van der Waals surface area contributed by atoms with Gasteiger partial charge >= 0.3 is 5.97 Å². The summed E-state index contributed by atoms with van der Waals surface area (Å²) >= 11 is 0. The van der Waals surface area contributed by atoms with E-state index in [4.69, 9.17) is 5.11 Å². The third-order valence-corrected chi connectivity index (χ3v) is 4.11. The zero-order chi connectivity index (χ0) is 14.8. The minimum atomic E-state index is -0.952. The molecular formula is C16H20N2O3. The fraction of sp³-hybridized carbons (Fsp3) is 0.500. The van der Waals surface area contributed by atoms with Crippen molar-refractivity contribution in [3.05, 3.63) is 29.3 Å². The topological polar surface area (TPSA) is 69.6 Å². The molecule has 0 spiro atoms. The van der Waals surface area contributed by atoms with Gasteiger partial charge in [-0.1, -0.05) is 6.07 Å². The number of benzene rings is 1. The minimum absolute atomic E-state index is 0.148. The van der Waals surface area contributed by atoms with Gasteiger partial charge in [0.15, 0.2) is 0 Å². The largest absolute Gasteiger partial charge is 0.480 e. The van der Waals surface area contributed by atoms with Crippen LogP contribution in [0.3, 0.4) is 0 Å². The Morgan fingerprint density at radius 1 is 1.33 bits per heavy atom. The van der Waals surface area contributed by atoms with Crippen LogP contribution in [0.5, 0.6) is 0 Å². The van der Waals surface area contributed by atoms with Crippen molar-refractivity contribution < 1.29 is 14.7 Å². The molecule has 5 nitrogen and oxygen atoms in total. The molecule has 112 valence electrons. The minimum Gasteiger partial charge on any atom is -0.480 e. The number of nitrogens with one attached hydrogen (secondary N) is 1. The van der Waals surface area contributed by atoms with E-state index in [9.17, 15) is 9.59 Å². The molecule has 0 saturated heterocycles. The van der Waals surface area contributed by atoms with E-state index in [-0.39, 0.29) is 12.5 Å². The maximum atomic E-state index is 12.8. The number of carbonyl (C=O) groups is 2. The van der Waals surface area contributed by atoms with E-state index in [0.717, 1.165) is 43.5 Å². The third kappa shape index (κ3) is 3.17. The molecule has 2 N–H and O–H groups in total. The monoisotopic (exact) mass is 288 g/mol. The molecule has 2 aliphatic rings. The summed E-state index contributed by atoms with van der Waals surface area (Å²) in [6, 6.07) is 5.66. The van der Waals surface area contributed by atoms with Crippen molar-refractivity contribution in [2.24, 2.45) is 5.92 Å². The van der Waals surface area contributed by atoms with Gasteiger partial charge in [-0.05, 0) is 49.3 Å². The Labute approximate surface area is 123 Å². The molecule has 1 amide bonds. The van der Waals surface area contributed by atoms with Crippen molar-refractivity contribution in [1.29, 1.82) is 0 Å². The van der Waals surface area contributed by atoms with Gasteiger partial charge in [-0.3, -0.25) is 9.59 Å². The number of carboxylic acids is 1. The van der Waals surface area contributed by atoms with Crippen LogP contribution in [0.2, 0.25) is 0 Å². The summed E-state index contributed by atoms with van der Waals surface area (Å²) in [4.78, 5) is 25.3. The normalized spacial score (nSPS) is 16.8. The van der Waals surface area contributed by atoms with Gasteiger partial charge < -0.3 is 15.3 Å². The summed E-state index contributed by atoms with van der Waals surface area (Å²) in [5.41, 5.74) is 2.69. The first-order valence-electron chi connectivity index (χ1n) is 7.52. The Kier molecular flexibility index (Phi) is 3.82. The molecule has 0 bridgehead atoms. The van der Waals surface area contributed by atoms with E-state index in [1.807, 2.05) is 18.2 Å². The number of hydrogen-bond donors (Lipinski definition) is 2. The second-order valence-corrected chi connectivity index (χ2v) is 5.88. The molecule has 0 aromatic heterocycles. The molecule has 1 saturated carbocycles. The van der Waals surface area contributed by atoms with Crippen molar-refractivity contribution in [1.82, 2.24) is 4.90 Å². The van der Waals surface area contributed by atoms with Crippen LogP contribution in [0.15, 0.2) is 18.2 Å². The average molecular weight is 288 g/mol. The van der Waals surface area contributed by atoms with Crippen LogP contribution in [0.1, 0.15) is 35.2 Å². The van der Waals surface area contributed by atoms with Gasteiger partial charge in [-0.2, -0.15) is 0 Å². The molecule has 1 aromatic carbocycles. The van der Waals surface area contributed by atoms with Crippen LogP contribution in [0.25, 0.3) is 0 Å². The van der Waals surface area contributed by atoms with Gasteiger partial charge in [0.05, 0.1) is 0 Å². The van der Waals surface area contributed by atoms with Crippen LogP contribution < -0.4 is 5.32 Å². The lowest BCUT2D eigenvalue weighted by Gasteiger charge is -2.25. The second-order valence-electron chi connectivity index (χ2n) is 5.88. The number of aliphatic carboxylic acids is 1. The number of nitrogens with zero attached hydrogens (tertiary/aromatic N) is 1. The molecule has 21 heavy (non-hydrogen) atoms. The number of anilines is 1. The number of rotatable bonds is 5. The SMILES string of the molecule is O=C(O)CN(CC1CC1)C(=O)c1cccc2c1CCCN2. The summed E-state index contributed by atoms with van der Waals surface area (Å²) < 4.78 is 0. The predicted octanol–water partition coefficient (Wildman–Crippen LogP) is 1.98. The summed E-state index contributed by atoms with van der Waals surface area (Å²) in [6.45, 7) is 1.26. The third-order valence-electron chi connectivity index (χ3n) is 4.11. The molecule has 1 fully saturated rings. The van der Waals surface area contributed by atoms with Gasteiger partial charge in [0.25, 0.3) is 5.91 Å². The molecule has 3 rings (SSSR count). The quantitative estimate of drug-likeness (QED) is 0.869. The Bertz CT molecular complexity index is 567. The van der Waals surface area contributed by atoms with Gasteiger partial charge in [0, 0.05) is 24.3 Å². The van der Waals surface area contributed by atoms with Crippen molar-refractivity contribution in [3.8, 4) is 0 Å². The highest BCUT2D eigenvalue weighted by atomic mass is 16.4. The molecule has 1 aliphatic heterocycles. The van der Waals surface area contributed by atoms with E-state index in [0.29, 0.717) is 18.0 Å². The molecule has 0 radical (unpaired) electrons. The van der Waals surface area contributed by atoms with E-state index >= 15 is 0 Å². The lowest BCUT2D eigenvalue weighted by molar-refractivity contribution is -0.137. The smallest absolute Gasteiger partial charge is 0.323 e. The first kappa shape index (κ1) is 13.9. The van der Waals surface area contributed by atoms with Crippen LogP contribution >= 0.6 is 0 Å². The first-order chi connectivity index (χ1) is 10.1. The highest BCUT2D eigenvalue weighted by Gasteiger charge is 2.29. The van der Waals surface area contributed by atoms with Crippen LogP contribution in [0, 0.1) is 5.92 Å². The molecule has 1 aliphatic carbocycles. The molecular weight excluding hydrogens is 268 g/mol. The van der Waals surface area contributed by atoms with Crippen LogP contribution in [0.4, 0.5) is 5.69 Å². The first-order valence-corrected chi connectivity index (χ1v) is 7.52. The molecule has 1 aromatic rings. The number of carbonyl (C=O) groups excluding carboxylic acids is 1. The van der Waals surface area contributed by atoms with Crippen molar-refractivity contribution in [3.63, 3.8) is 0 Å². The molecule has 1 heterocycles. The van der Waals surface area contributed by atoms with Gasteiger partial charge in [0.1, 0.15) is 6.54 Å². The Balaban J connectivity index is 1.86. The Morgan fingerprint density at radius 3 is 2.86 bits per heavy atom. The predicted molar refractivity (Wildman–Crippen MR) is 79.5 cm³/mol. The highest BCUT2D eigenvalue weighted by molar-refractivity contribution is 5.98. The van der Waals surface area contributed by atoms with Crippen molar-refractivity contribution in [2.75, 3.05) is 25.0 Å². The number of fused-ring (bicyclic) bond motifs is 1. The number of amides is 1. The highest BCUT2D eigenvalue weighted by Crippen LogP contribution is 2.31. The summed E-state index contributed by atoms with van der Waals surface area (Å²) in [5.74, 6) is -0.622. The van der Waals surface area contributed by atoms with E-state index < -0.39 is 5.97 Å². The van der Waals surface area contributed by atoms with Gasteiger partial charge in [-0.15, -0.1) is 0 Å².